The average molecular weight is 667 g/mol. The maximum Gasteiger partial charge on any atom is 0.237 e. The number of hydrogen-bond acceptors (Lipinski definition) is 10. The van der Waals surface area contributed by atoms with Crippen LogP contribution in [0.1, 0.15) is 38.1 Å². The third-order valence-electron chi connectivity index (χ3n) is 7.47. The Kier molecular flexibility index (Phi) is 10.7. The van der Waals surface area contributed by atoms with Gasteiger partial charge in [-0.3, -0.25) is 14.8 Å². The van der Waals surface area contributed by atoms with Crippen molar-refractivity contribution in [1.29, 1.82) is 0 Å². The summed E-state index contributed by atoms with van der Waals surface area (Å²) in [5.41, 5.74) is 4.24. The molecule has 0 saturated carbocycles. The van der Waals surface area contributed by atoms with Gasteiger partial charge >= 0.3 is 0 Å². The van der Waals surface area contributed by atoms with Gasteiger partial charge in [-0.2, -0.15) is 0 Å². The minimum atomic E-state index is -0.858. The molecule has 0 radical (unpaired) electrons. The Balaban J connectivity index is 1.38. The van der Waals surface area contributed by atoms with Crippen LogP contribution in [-0.2, 0) is 17.9 Å². The van der Waals surface area contributed by atoms with Gasteiger partial charge < -0.3 is 30.5 Å². The van der Waals surface area contributed by atoms with Crippen molar-refractivity contribution in [2.24, 2.45) is 0 Å². The van der Waals surface area contributed by atoms with E-state index in [1.165, 1.54) is 7.11 Å². The number of nitrogens with one attached hydrogen (secondary N) is 3. The summed E-state index contributed by atoms with van der Waals surface area (Å²) in [7, 11) is 3.09. The van der Waals surface area contributed by atoms with Gasteiger partial charge in [0.25, 0.3) is 0 Å². The van der Waals surface area contributed by atoms with E-state index in [-0.39, 0.29) is 11.9 Å². The van der Waals surface area contributed by atoms with Crippen molar-refractivity contribution in [3.63, 3.8) is 0 Å². The molecular weight excluding hydrogens is 629 g/mol. The van der Waals surface area contributed by atoms with E-state index in [1.807, 2.05) is 36.4 Å². The van der Waals surface area contributed by atoms with Crippen molar-refractivity contribution in [2.45, 2.75) is 51.4 Å². The molecule has 4 aromatic rings. The molecule has 3 heterocycles. The zero-order chi connectivity index (χ0) is 32.8. The van der Waals surface area contributed by atoms with Gasteiger partial charge in [-0.15, -0.1) is 0 Å². The van der Waals surface area contributed by atoms with Gasteiger partial charge in [0.2, 0.25) is 17.7 Å². The number of halogens is 2. The number of nitrogens with zero attached hydrogens (tertiary/aromatic N) is 4. The zero-order valence-corrected chi connectivity index (χ0v) is 27.7. The molecule has 0 aliphatic carbocycles. The molecule has 1 unspecified atom stereocenters. The number of aromatic nitrogens is 4. The molecule has 1 aliphatic rings. The number of hydrogen-bond donors (Lipinski definition) is 4. The highest BCUT2D eigenvalue weighted by Gasteiger charge is 2.22. The summed E-state index contributed by atoms with van der Waals surface area (Å²) in [4.78, 5) is 30.0. The molecule has 1 fully saturated rings. The molecule has 13 heteroatoms. The molecule has 0 spiro atoms. The van der Waals surface area contributed by atoms with Gasteiger partial charge in [0, 0.05) is 60.9 Å². The molecule has 11 nitrogen and oxygen atoms in total. The topological polar surface area (TPSA) is 143 Å². The van der Waals surface area contributed by atoms with Crippen molar-refractivity contribution in [2.75, 3.05) is 27.3 Å². The first-order valence-electron chi connectivity index (χ1n) is 14.9. The fourth-order valence-electron chi connectivity index (χ4n) is 5.18. The summed E-state index contributed by atoms with van der Waals surface area (Å²) in [6.45, 7) is 5.28. The highest BCUT2D eigenvalue weighted by atomic mass is 35.5. The predicted molar refractivity (Wildman–Crippen MR) is 178 cm³/mol. The first-order valence-corrected chi connectivity index (χ1v) is 15.6. The van der Waals surface area contributed by atoms with E-state index in [0.717, 1.165) is 6.42 Å². The fraction of sp³-hybridized carbons (Fsp3) is 0.364. The molecule has 242 valence electrons. The van der Waals surface area contributed by atoms with Crippen LogP contribution >= 0.6 is 23.2 Å². The second-order valence-electron chi connectivity index (χ2n) is 11.6. The molecule has 1 aliphatic heterocycles. The fourth-order valence-corrected chi connectivity index (χ4v) is 5.83. The van der Waals surface area contributed by atoms with E-state index in [0.29, 0.717) is 99.4 Å². The van der Waals surface area contributed by atoms with Gasteiger partial charge in [-0.05, 0) is 20.3 Å². The van der Waals surface area contributed by atoms with Crippen molar-refractivity contribution >= 4 is 29.1 Å². The van der Waals surface area contributed by atoms with Gasteiger partial charge in [0.05, 0.1) is 53.6 Å². The zero-order valence-electron chi connectivity index (χ0n) is 26.2. The Morgan fingerprint density at radius 2 is 1.37 bits per heavy atom. The van der Waals surface area contributed by atoms with Gasteiger partial charge in [-0.25, -0.2) is 9.97 Å². The number of benzene rings is 2. The highest BCUT2D eigenvalue weighted by Crippen LogP contribution is 2.42. The minimum Gasteiger partial charge on any atom is -0.480 e. The van der Waals surface area contributed by atoms with Crippen LogP contribution in [0.2, 0.25) is 10.0 Å². The van der Waals surface area contributed by atoms with Crippen molar-refractivity contribution < 1.29 is 19.4 Å². The summed E-state index contributed by atoms with van der Waals surface area (Å²) >= 11 is 14.0. The number of amides is 1. The summed E-state index contributed by atoms with van der Waals surface area (Å²) in [6, 6.07) is 11.4. The smallest absolute Gasteiger partial charge is 0.237 e. The van der Waals surface area contributed by atoms with Crippen LogP contribution in [0.25, 0.3) is 33.6 Å². The molecule has 46 heavy (non-hydrogen) atoms. The van der Waals surface area contributed by atoms with E-state index in [2.05, 4.69) is 30.9 Å². The molecule has 0 bridgehead atoms. The third kappa shape index (κ3) is 7.91. The SMILES string of the molecule is COc1nc(-c2cccc(-c3cccc(-c4cnc(CNCC(C)(C)O)c(OC)n4)c3Cl)c2Cl)cnc1CNCC1CCC(=O)N1. The van der Waals surface area contributed by atoms with Crippen molar-refractivity contribution in [1.82, 2.24) is 35.9 Å². The van der Waals surface area contributed by atoms with Crippen LogP contribution in [0.3, 0.4) is 0 Å². The molecule has 2 aromatic heterocycles. The van der Waals surface area contributed by atoms with Crippen LogP contribution in [0, 0.1) is 0 Å². The number of carbonyl (C=O) groups excluding carboxylic acids is 1. The summed E-state index contributed by atoms with van der Waals surface area (Å²) < 4.78 is 11.1. The summed E-state index contributed by atoms with van der Waals surface area (Å²) in [5.74, 6) is 0.823. The normalized spacial score (nSPS) is 14.8. The first-order chi connectivity index (χ1) is 22.1. The Bertz CT molecular complexity index is 1710. The average Bonchev–Trinajstić information content (AvgIpc) is 3.45. The third-order valence-corrected chi connectivity index (χ3v) is 8.28. The minimum absolute atomic E-state index is 0.0801. The summed E-state index contributed by atoms with van der Waals surface area (Å²) in [5, 5.41) is 20.3. The van der Waals surface area contributed by atoms with Crippen molar-refractivity contribution in [3.8, 4) is 45.4 Å². The van der Waals surface area contributed by atoms with E-state index >= 15 is 0 Å². The number of aliphatic hydroxyl groups is 1. The predicted octanol–water partition coefficient (Wildman–Crippen LogP) is 4.82. The van der Waals surface area contributed by atoms with Crippen LogP contribution in [-0.4, -0.2) is 69.9 Å². The van der Waals surface area contributed by atoms with Crippen LogP contribution in [0.5, 0.6) is 11.8 Å². The number of methoxy groups -OCH3 is 2. The van der Waals surface area contributed by atoms with Crippen LogP contribution in [0.15, 0.2) is 48.8 Å². The Hall–Kier alpha value is -3.87. The van der Waals surface area contributed by atoms with E-state index in [9.17, 15) is 9.90 Å². The van der Waals surface area contributed by atoms with Crippen LogP contribution < -0.4 is 25.4 Å². The monoisotopic (exact) mass is 665 g/mol. The lowest BCUT2D eigenvalue weighted by atomic mass is 9.98. The van der Waals surface area contributed by atoms with Crippen molar-refractivity contribution in [3.05, 3.63) is 70.2 Å². The van der Waals surface area contributed by atoms with E-state index in [4.69, 9.17) is 37.7 Å². The molecule has 1 atom stereocenters. The lowest BCUT2D eigenvalue weighted by molar-refractivity contribution is -0.119. The highest BCUT2D eigenvalue weighted by molar-refractivity contribution is 6.39. The lowest BCUT2D eigenvalue weighted by Gasteiger charge is -2.18. The van der Waals surface area contributed by atoms with Gasteiger partial charge in [0.1, 0.15) is 11.4 Å². The molecule has 5 rings (SSSR count). The van der Waals surface area contributed by atoms with E-state index in [1.54, 1.807) is 33.4 Å². The molecule has 1 saturated heterocycles. The number of ether oxygens (including phenoxy) is 2. The van der Waals surface area contributed by atoms with Gasteiger partial charge in [0.15, 0.2) is 0 Å². The Morgan fingerprint density at radius 3 is 1.83 bits per heavy atom. The Labute approximate surface area is 278 Å². The van der Waals surface area contributed by atoms with Gasteiger partial charge in [-0.1, -0.05) is 59.6 Å². The molecule has 4 N–H and O–H groups in total. The maximum atomic E-state index is 11.5. The second kappa shape index (κ2) is 14.7. The first kappa shape index (κ1) is 33.5. The summed E-state index contributed by atoms with van der Waals surface area (Å²) in [6.07, 6.45) is 4.68. The van der Waals surface area contributed by atoms with Crippen LogP contribution in [0.4, 0.5) is 0 Å². The molecular formula is C33H37Cl2N7O4. The maximum absolute atomic E-state index is 11.5. The number of rotatable bonds is 13. The largest absolute Gasteiger partial charge is 0.480 e. The lowest BCUT2D eigenvalue weighted by Crippen LogP contribution is -2.35. The molecule has 2 aromatic carbocycles. The molecule has 1 amide bonds. The van der Waals surface area contributed by atoms with E-state index < -0.39 is 5.60 Å². The standard InChI is InChI=1S/C33H37Cl2N7O4/c1-33(2,44)18-37-15-27-32(46-4)42-25(17-39-27)23-10-6-8-21(30(23)35)20-7-5-9-22(29(20)34)24-16-38-26(31(41-24)45-3)14-36-13-19-11-12-28(43)40-19/h5-10,16-17,19,36-37,44H,11-15,18H2,1-4H3,(H,40,43). The Morgan fingerprint density at radius 1 is 0.870 bits per heavy atom. The number of carbonyl (C=O) groups is 1. The quantitative estimate of drug-likeness (QED) is 0.157. The second-order valence-corrected chi connectivity index (χ2v) is 12.4.